The van der Waals surface area contributed by atoms with Crippen molar-refractivity contribution >= 4 is 11.7 Å². The summed E-state index contributed by atoms with van der Waals surface area (Å²) in [5.74, 6) is -2.36. The monoisotopic (exact) mass is 389 g/mol. The van der Waals surface area contributed by atoms with Crippen LogP contribution in [0.15, 0.2) is 96.8 Å². The Bertz CT molecular complexity index is 929. The molecule has 0 aliphatic heterocycles. The molecule has 3 rings (SSSR count). The SMILES string of the molecule is O=C(O)/C(O)=C/C(O)c1cccc(N(Cc2ccccc2)Cc2ccccc2)c1. The number of carbonyl (C=O) groups is 1. The van der Waals surface area contributed by atoms with Crippen molar-refractivity contribution in [2.75, 3.05) is 4.90 Å². The number of aliphatic carboxylic acids is 1. The Kier molecular flexibility index (Phi) is 6.66. The van der Waals surface area contributed by atoms with Gasteiger partial charge in [-0.1, -0.05) is 72.8 Å². The Morgan fingerprint density at radius 2 is 1.38 bits per heavy atom. The lowest BCUT2D eigenvalue weighted by atomic mass is 10.1. The van der Waals surface area contributed by atoms with Crippen LogP contribution in [0.25, 0.3) is 0 Å². The van der Waals surface area contributed by atoms with Gasteiger partial charge in [-0.05, 0) is 34.9 Å². The van der Waals surface area contributed by atoms with E-state index in [1.165, 1.54) is 0 Å². The number of anilines is 1. The van der Waals surface area contributed by atoms with E-state index in [0.29, 0.717) is 18.7 Å². The Morgan fingerprint density at radius 3 is 1.90 bits per heavy atom. The largest absolute Gasteiger partial charge is 0.502 e. The highest BCUT2D eigenvalue weighted by Crippen LogP contribution is 2.25. The molecule has 0 radical (unpaired) electrons. The minimum absolute atomic E-state index is 0.501. The number of aliphatic hydroxyl groups excluding tert-OH is 2. The third kappa shape index (κ3) is 5.70. The van der Waals surface area contributed by atoms with Crippen LogP contribution >= 0.6 is 0 Å². The van der Waals surface area contributed by atoms with E-state index < -0.39 is 17.8 Å². The van der Waals surface area contributed by atoms with E-state index in [0.717, 1.165) is 22.9 Å². The van der Waals surface area contributed by atoms with Crippen molar-refractivity contribution < 1.29 is 20.1 Å². The van der Waals surface area contributed by atoms with Gasteiger partial charge in [-0.15, -0.1) is 0 Å². The van der Waals surface area contributed by atoms with Crippen molar-refractivity contribution in [1.29, 1.82) is 0 Å². The quantitative estimate of drug-likeness (QED) is 0.392. The number of carboxylic acid groups (broad SMARTS) is 1. The van der Waals surface area contributed by atoms with E-state index in [1.807, 2.05) is 54.6 Å². The molecule has 0 saturated heterocycles. The van der Waals surface area contributed by atoms with Crippen LogP contribution in [0.4, 0.5) is 5.69 Å². The molecule has 5 nitrogen and oxygen atoms in total. The van der Waals surface area contributed by atoms with Crippen LogP contribution < -0.4 is 4.90 Å². The summed E-state index contributed by atoms with van der Waals surface area (Å²) in [6, 6.07) is 27.4. The van der Waals surface area contributed by atoms with Crippen molar-refractivity contribution in [1.82, 2.24) is 0 Å². The van der Waals surface area contributed by atoms with E-state index >= 15 is 0 Å². The first-order valence-electron chi connectivity index (χ1n) is 9.28. The van der Waals surface area contributed by atoms with Gasteiger partial charge in [0.2, 0.25) is 5.76 Å². The molecule has 0 fully saturated rings. The summed E-state index contributed by atoms with van der Waals surface area (Å²) in [6.45, 7) is 1.34. The second-order valence-corrected chi connectivity index (χ2v) is 6.72. The number of hydrogen-bond acceptors (Lipinski definition) is 4. The molecule has 3 aromatic rings. The van der Waals surface area contributed by atoms with Crippen molar-refractivity contribution in [2.24, 2.45) is 0 Å². The van der Waals surface area contributed by atoms with Crippen molar-refractivity contribution in [3.05, 3.63) is 113 Å². The lowest BCUT2D eigenvalue weighted by Crippen LogP contribution is -2.22. The van der Waals surface area contributed by atoms with Gasteiger partial charge in [0.15, 0.2) is 0 Å². The molecule has 3 N–H and O–H groups in total. The highest BCUT2D eigenvalue weighted by molar-refractivity contribution is 5.83. The highest BCUT2D eigenvalue weighted by Gasteiger charge is 2.14. The smallest absolute Gasteiger partial charge is 0.370 e. The molecule has 0 bridgehead atoms. The van der Waals surface area contributed by atoms with Gasteiger partial charge in [-0.3, -0.25) is 0 Å². The second-order valence-electron chi connectivity index (χ2n) is 6.72. The van der Waals surface area contributed by atoms with E-state index in [4.69, 9.17) is 5.11 Å². The van der Waals surface area contributed by atoms with E-state index in [1.54, 1.807) is 6.07 Å². The summed E-state index contributed by atoms with van der Waals surface area (Å²) in [4.78, 5) is 13.0. The average Bonchev–Trinajstić information content (AvgIpc) is 2.74. The maximum absolute atomic E-state index is 10.8. The number of carboxylic acids is 1. The first kappa shape index (κ1) is 20.2. The molecule has 29 heavy (non-hydrogen) atoms. The second kappa shape index (κ2) is 9.57. The number of rotatable bonds is 8. The van der Waals surface area contributed by atoms with Gasteiger partial charge in [0.25, 0.3) is 0 Å². The van der Waals surface area contributed by atoms with Crippen LogP contribution in [0.5, 0.6) is 0 Å². The average molecular weight is 389 g/mol. The fourth-order valence-electron chi connectivity index (χ4n) is 3.07. The Morgan fingerprint density at radius 1 is 0.828 bits per heavy atom. The first-order valence-corrected chi connectivity index (χ1v) is 9.28. The van der Waals surface area contributed by atoms with Gasteiger partial charge >= 0.3 is 5.97 Å². The molecule has 5 heteroatoms. The molecule has 1 unspecified atom stereocenters. The molecule has 1 atom stereocenters. The summed E-state index contributed by atoms with van der Waals surface area (Å²) in [5, 5.41) is 28.5. The van der Waals surface area contributed by atoms with E-state index in [2.05, 4.69) is 29.2 Å². The van der Waals surface area contributed by atoms with E-state index in [9.17, 15) is 15.0 Å². The van der Waals surface area contributed by atoms with Crippen molar-refractivity contribution in [3.63, 3.8) is 0 Å². The van der Waals surface area contributed by atoms with Gasteiger partial charge in [-0.25, -0.2) is 4.79 Å². The van der Waals surface area contributed by atoms with Gasteiger partial charge in [-0.2, -0.15) is 0 Å². The molecule has 0 aliphatic carbocycles. The molecule has 0 spiro atoms. The van der Waals surface area contributed by atoms with Crippen molar-refractivity contribution in [2.45, 2.75) is 19.2 Å². The van der Waals surface area contributed by atoms with Gasteiger partial charge in [0.05, 0.1) is 0 Å². The number of aliphatic hydroxyl groups is 2. The van der Waals surface area contributed by atoms with Gasteiger partial charge in [0, 0.05) is 18.8 Å². The minimum atomic E-state index is -1.48. The van der Waals surface area contributed by atoms with Gasteiger partial charge in [0.1, 0.15) is 6.10 Å². The zero-order valence-corrected chi connectivity index (χ0v) is 15.8. The molecule has 0 saturated carbocycles. The number of hydrogen-bond donors (Lipinski definition) is 3. The topological polar surface area (TPSA) is 81.0 Å². The lowest BCUT2D eigenvalue weighted by molar-refractivity contribution is -0.135. The predicted molar refractivity (Wildman–Crippen MR) is 113 cm³/mol. The van der Waals surface area contributed by atoms with E-state index in [-0.39, 0.29) is 0 Å². The fourth-order valence-corrected chi connectivity index (χ4v) is 3.07. The van der Waals surface area contributed by atoms with Crippen LogP contribution in [-0.2, 0) is 17.9 Å². The molecule has 0 heterocycles. The Balaban J connectivity index is 1.90. The van der Waals surface area contributed by atoms with Crippen molar-refractivity contribution in [3.8, 4) is 0 Å². The molecular formula is C24H23NO4. The predicted octanol–water partition coefficient (Wildman–Crippen LogP) is 4.45. The zero-order chi connectivity index (χ0) is 20.6. The zero-order valence-electron chi connectivity index (χ0n) is 15.8. The minimum Gasteiger partial charge on any atom is -0.502 e. The molecule has 148 valence electrons. The maximum atomic E-state index is 10.8. The van der Waals surface area contributed by atoms with Crippen LogP contribution in [0.3, 0.4) is 0 Å². The van der Waals surface area contributed by atoms with Crippen LogP contribution in [0.2, 0.25) is 0 Å². The summed E-state index contributed by atoms with van der Waals surface area (Å²) in [7, 11) is 0. The third-order valence-electron chi connectivity index (χ3n) is 4.54. The van der Waals surface area contributed by atoms with Crippen LogP contribution in [-0.4, -0.2) is 21.3 Å². The summed E-state index contributed by atoms with van der Waals surface area (Å²) in [6.07, 6.45) is -0.304. The maximum Gasteiger partial charge on any atom is 0.370 e. The Hall–Kier alpha value is -3.57. The Labute approximate surface area is 169 Å². The first-order chi connectivity index (χ1) is 14.0. The molecule has 3 aromatic carbocycles. The molecule has 0 aliphatic rings. The summed E-state index contributed by atoms with van der Waals surface area (Å²) in [5.41, 5.74) is 3.69. The van der Waals surface area contributed by atoms with Gasteiger partial charge < -0.3 is 20.2 Å². The molecular weight excluding hydrogens is 366 g/mol. The fraction of sp³-hybridized carbons (Fsp3) is 0.125. The molecule has 0 aromatic heterocycles. The van der Waals surface area contributed by atoms with Crippen LogP contribution in [0, 0.1) is 0 Å². The van der Waals surface area contributed by atoms with Crippen LogP contribution in [0.1, 0.15) is 22.8 Å². The molecule has 0 amide bonds. The third-order valence-corrected chi connectivity index (χ3v) is 4.54. The standard InChI is InChI=1S/C24H23NO4/c26-22(15-23(27)24(28)29)20-12-7-13-21(14-20)25(16-18-8-3-1-4-9-18)17-19-10-5-2-6-11-19/h1-15,22,26-27H,16-17H2,(H,28,29)/b23-15-. The summed E-state index contributed by atoms with van der Waals surface area (Å²) >= 11 is 0. The lowest BCUT2D eigenvalue weighted by Gasteiger charge is -2.26. The summed E-state index contributed by atoms with van der Waals surface area (Å²) < 4.78 is 0. The number of benzene rings is 3. The highest BCUT2D eigenvalue weighted by atomic mass is 16.4. The number of nitrogens with zero attached hydrogens (tertiary/aromatic N) is 1. The normalized spacial score (nSPS) is 12.4.